The molecule has 2 N–H and O–H groups in total. The van der Waals surface area contributed by atoms with Gasteiger partial charge in [-0.05, 0) is 29.5 Å². The first-order chi connectivity index (χ1) is 10.2. The molecule has 9 heteroatoms. The lowest BCUT2D eigenvalue weighted by atomic mass is 10.2. The van der Waals surface area contributed by atoms with Crippen molar-refractivity contribution in [3.8, 4) is 23.0 Å². The summed E-state index contributed by atoms with van der Waals surface area (Å²) in [5.74, 6) is -0.310. The Labute approximate surface area is 118 Å². The fourth-order valence-electron chi connectivity index (χ4n) is 1.83. The van der Waals surface area contributed by atoms with Gasteiger partial charge in [0.2, 0.25) is 11.7 Å². The van der Waals surface area contributed by atoms with Gasteiger partial charge in [-0.1, -0.05) is 0 Å². The molecule has 0 saturated carbocycles. The second-order valence-corrected chi connectivity index (χ2v) is 4.07. The molecule has 1 aromatic carbocycles. The normalized spacial score (nSPS) is 10.5. The highest BCUT2D eigenvalue weighted by Crippen LogP contribution is 2.21. The maximum absolute atomic E-state index is 11.0. The van der Waals surface area contributed by atoms with Gasteiger partial charge in [0.15, 0.2) is 5.69 Å². The van der Waals surface area contributed by atoms with Gasteiger partial charge >= 0.3 is 5.97 Å². The van der Waals surface area contributed by atoms with E-state index in [1.807, 2.05) is 0 Å². The smallest absolute Gasteiger partial charge is 0.356 e. The van der Waals surface area contributed by atoms with Crippen molar-refractivity contribution in [2.45, 2.75) is 0 Å². The van der Waals surface area contributed by atoms with E-state index in [1.165, 1.54) is 17.9 Å². The average Bonchev–Trinajstić information content (AvgIpc) is 3.17. The molecule has 0 fully saturated rings. The molecule has 0 aliphatic rings. The number of carboxylic acids is 1. The number of hydrogen-bond donors (Lipinski definition) is 2. The molecule has 2 aromatic heterocycles. The van der Waals surface area contributed by atoms with Crippen LogP contribution in [-0.4, -0.2) is 48.6 Å². The van der Waals surface area contributed by atoms with Crippen LogP contribution in [0.15, 0.2) is 30.3 Å². The molecule has 0 bridgehead atoms. The molecule has 0 aliphatic carbocycles. The Morgan fingerprint density at radius 1 is 1.33 bits per heavy atom. The Hall–Kier alpha value is -3.23. The largest absolute Gasteiger partial charge is 0.481 e. The third-order valence-electron chi connectivity index (χ3n) is 2.82. The molecule has 0 unspecified atom stereocenters. The summed E-state index contributed by atoms with van der Waals surface area (Å²) in [5, 5.41) is 26.6. The summed E-state index contributed by atoms with van der Waals surface area (Å²) in [7, 11) is 1.45. The maximum atomic E-state index is 11.0. The number of carbonyl (C=O) groups is 1. The van der Waals surface area contributed by atoms with Gasteiger partial charge in [-0.25, -0.2) is 9.48 Å². The molecule has 3 aromatic rings. The Balaban J connectivity index is 1.99. The molecular formula is C12H10N6O3. The number of aromatic carboxylic acids is 1. The summed E-state index contributed by atoms with van der Waals surface area (Å²) in [6.45, 7) is 0. The van der Waals surface area contributed by atoms with Gasteiger partial charge in [-0.15, -0.1) is 10.2 Å². The van der Waals surface area contributed by atoms with Crippen molar-refractivity contribution in [3.05, 3.63) is 36.0 Å². The molecule has 0 atom stereocenters. The summed E-state index contributed by atoms with van der Waals surface area (Å²) in [6, 6.07) is 8.43. The van der Waals surface area contributed by atoms with Crippen molar-refractivity contribution in [1.29, 1.82) is 0 Å². The molecule has 0 amide bonds. The van der Waals surface area contributed by atoms with Crippen LogP contribution in [0.4, 0.5) is 0 Å². The van der Waals surface area contributed by atoms with Crippen LogP contribution in [-0.2, 0) is 0 Å². The SMILES string of the molecule is COc1cc(C(=O)O)nn1-c1ccc(-c2nn[nH]n2)cc1. The number of aromatic nitrogens is 6. The van der Waals surface area contributed by atoms with Gasteiger partial charge in [-0.2, -0.15) is 10.3 Å². The van der Waals surface area contributed by atoms with E-state index in [0.717, 1.165) is 5.56 Å². The highest BCUT2D eigenvalue weighted by Gasteiger charge is 2.15. The van der Waals surface area contributed by atoms with Crippen LogP contribution in [0.1, 0.15) is 10.5 Å². The quantitative estimate of drug-likeness (QED) is 0.726. The van der Waals surface area contributed by atoms with Crippen LogP contribution in [0.5, 0.6) is 5.88 Å². The van der Waals surface area contributed by atoms with Crippen LogP contribution in [0, 0.1) is 0 Å². The van der Waals surface area contributed by atoms with Crippen molar-refractivity contribution in [1.82, 2.24) is 30.4 Å². The van der Waals surface area contributed by atoms with E-state index < -0.39 is 5.97 Å². The summed E-state index contributed by atoms with van der Waals surface area (Å²) in [6.07, 6.45) is 0. The number of methoxy groups -OCH3 is 1. The van der Waals surface area contributed by atoms with E-state index in [0.29, 0.717) is 17.4 Å². The Bertz CT molecular complexity index is 763. The highest BCUT2D eigenvalue weighted by atomic mass is 16.5. The molecule has 106 valence electrons. The molecular weight excluding hydrogens is 276 g/mol. The van der Waals surface area contributed by atoms with Gasteiger partial charge in [-0.3, -0.25) is 0 Å². The van der Waals surface area contributed by atoms with Gasteiger partial charge < -0.3 is 9.84 Å². The second-order valence-electron chi connectivity index (χ2n) is 4.07. The fraction of sp³-hybridized carbons (Fsp3) is 0.0833. The summed E-state index contributed by atoms with van der Waals surface area (Å²) < 4.78 is 6.54. The summed E-state index contributed by atoms with van der Waals surface area (Å²) in [4.78, 5) is 11.0. The lowest BCUT2D eigenvalue weighted by molar-refractivity contribution is 0.0690. The predicted octanol–water partition coefficient (Wildman–Crippen LogP) is 0.759. The number of aromatic amines is 1. The number of rotatable bonds is 4. The first kappa shape index (κ1) is 12.8. The van der Waals surface area contributed by atoms with Crippen molar-refractivity contribution < 1.29 is 14.6 Å². The Kier molecular flexibility index (Phi) is 3.07. The zero-order chi connectivity index (χ0) is 14.8. The number of nitrogens with one attached hydrogen (secondary N) is 1. The number of ether oxygens (including phenoxy) is 1. The zero-order valence-corrected chi connectivity index (χ0v) is 10.9. The molecule has 21 heavy (non-hydrogen) atoms. The number of hydrogen-bond acceptors (Lipinski definition) is 6. The van der Waals surface area contributed by atoms with E-state index in [4.69, 9.17) is 9.84 Å². The third kappa shape index (κ3) is 2.31. The third-order valence-corrected chi connectivity index (χ3v) is 2.82. The van der Waals surface area contributed by atoms with Gasteiger partial charge in [0.05, 0.1) is 12.8 Å². The second kappa shape index (κ2) is 5.04. The van der Waals surface area contributed by atoms with Gasteiger partial charge in [0.1, 0.15) is 0 Å². The Morgan fingerprint density at radius 2 is 2.10 bits per heavy atom. The van der Waals surface area contributed by atoms with Gasteiger partial charge in [0.25, 0.3) is 0 Å². The van der Waals surface area contributed by atoms with E-state index >= 15 is 0 Å². The molecule has 0 radical (unpaired) electrons. The van der Waals surface area contributed by atoms with E-state index in [-0.39, 0.29) is 5.69 Å². The number of benzene rings is 1. The number of tetrazole rings is 1. The van der Waals surface area contributed by atoms with Crippen LogP contribution >= 0.6 is 0 Å². The number of nitrogens with zero attached hydrogens (tertiary/aromatic N) is 5. The van der Waals surface area contributed by atoms with E-state index in [9.17, 15) is 4.79 Å². The van der Waals surface area contributed by atoms with Crippen LogP contribution in [0.2, 0.25) is 0 Å². The molecule has 0 aliphatic heterocycles. The first-order valence-electron chi connectivity index (χ1n) is 5.90. The monoisotopic (exact) mass is 286 g/mol. The molecule has 9 nitrogen and oxygen atoms in total. The van der Waals surface area contributed by atoms with Crippen molar-refractivity contribution in [2.75, 3.05) is 7.11 Å². The minimum absolute atomic E-state index is 0.0888. The standard InChI is InChI=1S/C12H10N6O3/c1-21-10-6-9(12(19)20)15-18(10)8-4-2-7(3-5-8)11-13-16-17-14-11/h2-6H,1H3,(H,19,20)(H,13,14,16,17). The fourth-order valence-corrected chi connectivity index (χ4v) is 1.83. The van der Waals surface area contributed by atoms with E-state index in [1.54, 1.807) is 24.3 Å². The highest BCUT2D eigenvalue weighted by molar-refractivity contribution is 5.85. The van der Waals surface area contributed by atoms with Crippen molar-refractivity contribution in [3.63, 3.8) is 0 Å². The lowest BCUT2D eigenvalue weighted by Crippen LogP contribution is -2.02. The minimum Gasteiger partial charge on any atom is -0.481 e. The summed E-state index contributed by atoms with van der Waals surface area (Å²) >= 11 is 0. The maximum Gasteiger partial charge on any atom is 0.356 e. The van der Waals surface area contributed by atoms with Crippen molar-refractivity contribution >= 4 is 5.97 Å². The first-order valence-corrected chi connectivity index (χ1v) is 5.90. The number of H-pyrrole nitrogens is 1. The molecule has 2 heterocycles. The lowest BCUT2D eigenvalue weighted by Gasteiger charge is -2.06. The molecule has 0 saturated heterocycles. The molecule has 3 rings (SSSR count). The van der Waals surface area contributed by atoms with Crippen LogP contribution in [0.3, 0.4) is 0 Å². The zero-order valence-electron chi connectivity index (χ0n) is 10.9. The van der Waals surface area contributed by atoms with Crippen molar-refractivity contribution in [2.24, 2.45) is 0 Å². The number of carboxylic acid groups (broad SMARTS) is 1. The average molecular weight is 286 g/mol. The van der Waals surface area contributed by atoms with E-state index in [2.05, 4.69) is 25.7 Å². The topological polar surface area (TPSA) is 119 Å². The van der Waals surface area contributed by atoms with Crippen LogP contribution in [0.25, 0.3) is 17.1 Å². The Morgan fingerprint density at radius 3 is 2.67 bits per heavy atom. The minimum atomic E-state index is -1.12. The summed E-state index contributed by atoms with van der Waals surface area (Å²) in [5.41, 5.74) is 1.35. The van der Waals surface area contributed by atoms with Gasteiger partial charge in [0, 0.05) is 11.6 Å². The predicted molar refractivity (Wildman–Crippen MR) is 70.2 cm³/mol. The van der Waals surface area contributed by atoms with Crippen LogP contribution < -0.4 is 4.74 Å². The molecule has 0 spiro atoms.